The Labute approximate surface area is 139 Å². The van der Waals surface area contributed by atoms with Crippen LogP contribution in [0, 0.1) is 0 Å². The van der Waals surface area contributed by atoms with Crippen molar-refractivity contribution in [1.29, 1.82) is 0 Å². The highest BCUT2D eigenvalue weighted by Gasteiger charge is 2.17. The fourth-order valence-electron chi connectivity index (χ4n) is 2.41. The molecule has 0 fully saturated rings. The third-order valence-corrected chi connectivity index (χ3v) is 3.54. The predicted octanol–water partition coefficient (Wildman–Crippen LogP) is 3.06. The molecule has 0 saturated carbocycles. The lowest BCUT2D eigenvalue weighted by molar-refractivity contribution is -0.116. The van der Waals surface area contributed by atoms with Gasteiger partial charge in [0.25, 0.3) is 5.91 Å². The molecule has 1 aliphatic heterocycles. The Bertz CT molecular complexity index is 773. The van der Waals surface area contributed by atoms with E-state index in [0.29, 0.717) is 41.7 Å². The molecule has 6 nitrogen and oxygen atoms in total. The van der Waals surface area contributed by atoms with Gasteiger partial charge in [0.1, 0.15) is 11.5 Å². The minimum Gasteiger partial charge on any atom is -0.492 e. The van der Waals surface area contributed by atoms with Gasteiger partial charge in [-0.05, 0) is 37.3 Å². The van der Waals surface area contributed by atoms with Crippen molar-refractivity contribution in [3.63, 3.8) is 0 Å². The summed E-state index contributed by atoms with van der Waals surface area (Å²) in [7, 11) is 0. The van der Waals surface area contributed by atoms with Crippen LogP contribution in [0.4, 0.5) is 11.4 Å². The number of anilines is 2. The maximum Gasteiger partial charge on any atom is 0.255 e. The van der Waals surface area contributed by atoms with Crippen LogP contribution < -0.4 is 20.1 Å². The topological polar surface area (TPSA) is 76.7 Å². The minimum atomic E-state index is -0.288. The average Bonchev–Trinajstić information content (AvgIpc) is 2.76. The van der Waals surface area contributed by atoms with Gasteiger partial charge in [-0.3, -0.25) is 9.59 Å². The summed E-state index contributed by atoms with van der Waals surface area (Å²) < 4.78 is 11.0. The molecule has 24 heavy (non-hydrogen) atoms. The van der Waals surface area contributed by atoms with Crippen LogP contribution in [-0.2, 0) is 4.79 Å². The van der Waals surface area contributed by atoms with Crippen LogP contribution in [0.25, 0.3) is 0 Å². The molecule has 2 amide bonds. The summed E-state index contributed by atoms with van der Waals surface area (Å²) in [5.41, 5.74) is 1.52. The molecule has 0 aromatic heterocycles. The maximum atomic E-state index is 12.5. The van der Waals surface area contributed by atoms with Crippen molar-refractivity contribution in [2.75, 3.05) is 23.8 Å². The number of carbonyl (C=O) groups excluding carboxylic acids is 2. The van der Waals surface area contributed by atoms with Crippen LogP contribution in [0.5, 0.6) is 11.5 Å². The van der Waals surface area contributed by atoms with E-state index in [1.165, 1.54) is 0 Å². The second-order valence-corrected chi connectivity index (χ2v) is 5.24. The molecule has 0 spiro atoms. The van der Waals surface area contributed by atoms with Crippen LogP contribution >= 0.6 is 0 Å². The molecule has 6 heteroatoms. The molecule has 0 aliphatic carbocycles. The quantitative estimate of drug-likeness (QED) is 0.905. The minimum absolute atomic E-state index is 0.131. The molecule has 0 unspecified atom stereocenters. The van der Waals surface area contributed by atoms with E-state index in [4.69, 9.17) is 9.47 Å². The first-order chi connectivity index (χ1) is 11.7. The molecule has 2 aromatic carbocycles. The Morgan fingerprint density at radius 2 is 2.12 bits per heavy atom. The van der Waals surface area contributed by atoms with Gasteiger partial charge in [-0.15, -0.1) is 0 Å². The highest BCUT2D eigenvalue weighted by Crippen LogP contribution is 2.29. The highest BCUT2D eigenvalue weighted by molar-refractivity contribution is 6.06. The fourth-order valence-corrected chi connectivity index (χ4v) is 2.41. The first-order valence-electron chi connectivity index (χ1n) is 7.77. The van der Waals surface area contributed by atoms with Crippen molar-refractivity contribution in [3.8, 4) is 11.5 Å². The van der Waals surface area contributed by atoms with E-state index in [2.05, 4.69) is 10.6 Å². The number of ether oxygens (including phenoxy) is 2. The summed E-state index contributed by atoms with van der Waals surface area (Å²) in [6, 6.07) is 12.2. The van der Waals surface area contributed by atoms with E-state index in [-0.39, 0.29) is 18.2 Å². The molecule has 0 bridgehead atoms. The second kappa shape index (κ2) is 7.04. The summed E-state index contributed by atoms with van der Waals surface area (Å²) in [4.78, 5) is 24.1. The molecule has 0 atom stereocenters. The number of hydrogen-bond acceptors (Lipinski definition) is 4. The lowest BCUT2D eigenvalue weighted by Gasteiger charge is -2.12. The molecule has 0 saturated heterocycles. The maximum absolute atomic E-state index is 12.5. The van der Waals surface area contributed by atoms with E-state index >= 15 is 0 Å². The molecule has 1 heterocycles. The van der Waals surface area contributed by atoms with Crippen molar-refractivity contribution in [1.82, 2.24) is 0 Å². The average molecular weight is 326 g/mol. The van der Waals surface area contributed by atoms with E-state index in [0.717, 1.165) is 0 Å². The van der Waals surface area contributed by atoms with Gasteiger partial charge in [-0.2, -0.15) is 0 Å². The van der Waals surface area contributed by atoms with Gasteiger partial charge in [-0.1, -0.05) is 12.1 Å². The molecule has 2 aromatic rings. The van der Waals surface area contributed by atoms with E-state index in [1.807, 2.05) is 19.1 Å². The van der Waals surface area contributed by atoms with Crippen LogP contribution in [0.2, 0.25) is 0 Å². The Hall–Kier alpha value is -3.02. The molecular weight excluding hydrogens is 308 g/mol. The number of amides is 2. The largest absolute Gasteiger partial charge is 0.492 e. The first-order valence-corrected chi connectivity index (χ1v) is 7.77. The molecule has 2 N–H and O–H groups in total. The summed E-state index contributed by atoms with van der Waals surface area (Å²) in [6.07, 6.45) is 0.290. The third kappa shape index (κ3) is 3.48. The van der Waals surface area contributed by atoms with Gasteiger partial charge >= 0.3 is 0 Å². The summed E-state index contributed by atoms with van der Waals surface area (Å²) in [5.74, 6) is 0.753. The molecule has 124 valence electrons. The van der Waals surface area contributed by atoms with Gasteiger partial charge in [0, 0.05) is 5.56 Å². The zero-order valence-corrected chi connectivity index (χ0v) is 13.3. The Kier molecular flexibility index (Phi) is 4.65. The SMILES string of the molecule is CCOc1ccccc1NC(=O)c1ccc2c(c1)NC(=O)CCO2. The zero-order chi connectivity index (χ0) is 16.9. The highest BCUT2D eigenvalue weighted by atomic mass is 16.5. The number of fused-ring (bicyclic) bond motifs is 1. The van der Waals surface area contributed by atoms with Gasteiger partial charge in [-0.25, -0.2) is 0 Å². The van der Waals surface area contributed by atoms with Crippen LogP contribution in [0.3, 0.4) is 0 Å². The number of benzene rings is 2. The summed E-state index contributed by atoms with van der Waals surface area (Å²) >= 11 is 0. The standard InChI is InChI=1S/C18H18N2O4/c1-2-23-15-6-4-3-5-13(15)20-18(22)12-7-8-16-14(11-12)19-17(21)9-10-24-16/h3-8,11H,2,9-10H2,1H3,(H,19,21)(H,20,22). The van der Waals surface area contributed by atoms with Crippen molar-refractivity contribution >= 4 is 23.2 Å². The Balaban J connectivity index is 1.82. The Morgan fingerprint density at radius 1 is 1.29 bits per heavy atom. The first kappa shape index (κ1) is 15.9. The van der Waals surface area contributed by atoms with Gasteiger partial charge in [0.15, 0.2) is 0 Å². The summed E-state index contributed by atoms with van der Waals surface area (Å²) in [6.45, 7) is 2.72. The zero-order valence-electron chi connectivity index (χ0n) is 13.3. The number of hydrogen-bond donors (Lipinski definition) is 2. The van der Waals surface area contributed by atoms with Crippen molar-refractivity contribution < 1.29 is 19.1 Å². The van der Waals surface area contributed by atoms with Crippen molar-refractivity contribution in [3.05, 3.63) is 48.0 Å². The summed E-state index contributed by atoms with van der Waals surface area (Å²) in [5, 5.41) is 5.57. The number of rotatable bonds is 4. The fraction of sp³-hybridized carbons (Fsp3) is 0.222. The second-order valence-electron chi connectivity index (χ2n) is 5.24. The molecule has 0 radical (unpaired) electrons. The lowest BCUT2D eigenvalue weighted by Crippen LogP contribution is -2.14. The van der Waals surface area contributed by atoms with Gasteiger partial charge in [0.2, 0.25) is 5.91 Å². The monoisotopic (exact) mass is 326 g/mol. The number of para-hydroxylation sites is 2. The van der Waals surface area contributed by atoms with E-state index in [1.54, 1.807) is 30.3 Å². The van der Waals surface area contributed by atoms with Gasteiger partial charge in [0.05, 0.1) is 31.0 Å². The molecular formula is C18H18N2O4. The normalized spacial score (nSPS) is 13.1. The Morgan fingerprint density at radius 3 is 2.96 bits per heavy atom. The lowest BCUT2D eigenvalue weighted by atomic mass is 10.1. The predicted molar refractivity (Wildman–Crippen MR) is 90.7 cm³/mol. The van der Waals surface area contributed by atoms with E-state index in [9.17, 15) is 9.59 Å². The molecule has 3 rings (SSSR count). The van der Waals surface area contributed by atoms with Crippen LogP contribution in [-0.4, -0.2) is 25.0 Å². The van der Waals surface area contributed by atoms with Crippen LogP contribution in [0.1, 0.15) is 23.7 Å². The van der Waals surface area contributed by atoms with Crippen molar-refractivity contribution in [2.45, 2.75) is 13.3 Å². The molecule has 1 aliphatic rings. The third-order valence-electron chi connectivity index (χ3n) is 3.54. The van der Waals surface area contributed by atoms with Gasteiger partial charge < -0.3 is 20.1 Å². The van der Waals surface area contributed by atoms with Crippen molar-refractivity contribution in [2.24, 2.45) is 0 Å². The van der Waals surface area contributed by atoms with Crippen LogP contribution in [0.15, 0.2) is 42.5 Å². The van der Waals surface area contributed by atoms with E-state index < -0.39 is 0 Å². The number of nitrogens with one attached hydrogen (secondary N) is 2. The smallest absolute Gasteiger partial charge is 0.255 e. The number of carbonyl (C=O) groups is 2.